The third-order valence-corrected chi connectivity index (χ3v) is 5.43. The van der Waals surface area contributed by atoms with Gasteiger partial charge in [-0.05, 0) is 38.2 Å². The highest BCUT2D eigenvalue weighted by molar-refractivity contribution is 7.18. The molecule has 3 aromatic rings. The zero-order valence-corrected chi connectivity index (χ0v) is 12.9. The van der Waals surface area contributed by atoms with E-state index in [9.17, 15) is 9.59 Å². The predicted octanol–water partition coefficient (Wildman–Crippen LogP) is 1.36. The SMILES string of the molecule is CC(c1n[nH]c(=O)[nH]1)n1cnc2sc3c(c2c1=O)CCCC3. The van der Waals surface area contributed by atoms with Crippen molar-refractivity contribution in [2.24, 2.45) is 0 Å². The van der Waals surface area contributed by atoms with Crippen molar-refractivity contribution >= 4 is 21.6 Å². The number of thiophene rings is 1. The lowest BCUT2D eigenvalue weighted by atomic mass is 9.97. The van der Waals surface area contributed by atoms with Crippen molar-refractivity contribution in [2.45, 2.75) is 38.6 Å². The summed E-state index contributed by atoms with van der Waals surface area (Å²) in [5.41, 5.74) is 0.735. The van der Waals surface area contributed by atoms with Crippen molar-refractivity contribution in [2.75, 3.05) is 0 Å². The van der Waals surface area contributed by atoms with Crippen LogP contribution in [0.4, 0.5) is 0 Å². The van der Waals surface area contributed by atoms with Crippen molar-refractivity contribution < 1.29 is 0 Å². The molecule has 3 aromatic heterocycles. The van der Waals surface area contributed by atoms with E-state index in [2.05, 4.69) is 20.2 Å². The smallest absolute Gasteiger partial charge is 0.291 e. The zero-order chi connectivity index (χ0) is 15.3. The second kappa shape index (κ2) is 4.91. The van der Waals surface area contributed by atoms with Gasteiger partial charge in [0.2, 0.25) is 0 Å². The van der Waals surface area contributed by atoms with E-state index in [1.807, 2.05) is 6.92 Å². The third kappa shape index (κ3) is 1.94. The summed E-state index contributed by atoms with van der Waals surface area (Å²) in [5.74, 6) is 0.428. The minimum Gasteiger partial charge on any atom is -0.291 e. The average Bonchev–Trinajstić information content (AvgIpc) is 3.10. The fourth-order valence-electron chi connectivity index (χ4n) is 3.05. The van der Waals surface area contributed by atoms with Gasteiger partial charge in [-0.15, -0.1) is 11.3 Å². The second-order valence-corrected chi connectivity index (χ2v) is 6.67. The minimum atomic E-state index is -0.378. The standard InChI is InChI=1S/C14H15N5O2S/c1-7(11-16-14(21)18-17-11)19-6-15-12-10(13(19)20)8-4-2-3-5-9(8)22-12/h6-7H,2-5H2,1H3,(H2,16,17,18,21). The Hall–Kier alpha value is -2.22. The number of nitrogens with one attached hydrogen (secondary N) is 2. The Kier molecular flexibility index (Phi) is 3.00. The van der Waals surface area contributed by atoms with Crippen LogP contribution in [0.25, 0.3) is 10.2 Å². The number of aryl methyl sites for hydroxylation is 2. The molecule has 2 N–H and O–H groups in total. The molecule has 22 heavy (non-hydrogen) atoms. The normalized spacial score (nSPS) is 15.9. The summed E-state index contributed by atoms with van der Waals surface area (Å²) >= 11 is 1.63. The number of H-pyrrole nitrogens is 2. The van der Waals surface area contributed by atoms with Crippen LogP contribution in [0.15, 0.2) is 15.9 Å². The Labute approximate surface area is 129 Å². The van der Waals surface area contributed by atoms with E-state index in [1.54, 1.807) is 17.7 Å². The molecule has 1 unspecified atom stereocenters. The van der Waals surface area contributed by atoms with Crippen LogP contribution >= 0.6 is 11.3 Å². The van der Waals surface area contributed by atoms with Gasteiger partial charge in [0.15, 0.2) is 5.82 Å². The van der Waals surface area contributed by atoms with Gasteiger partial charge < -0.3 is 0 Å². The van der Waals surface area contributed by atoms with Gasteiger partial charge in [0, 0.05) is 4.88 Å². The molecule has 1 aliphatic carbocycles. The van der Waals surface area contributed by atoms with Crippen molar-refractivity contribution in [3.8, 4) is 0 Å². The highest BCUT2D eigenvalue weighted by atomic mass is 32.1. The Bertz CT molecular complexity index is 964. The van der Waals surface area contributed by atoms with E-state index < -0.39 is 0 Å². The van der Waals surface area contributed by atoms with Crippen LogP contribution in [-0.4, -0.2) is 24.7 Å². The first kappa shape index (κ1) is 13.4. The summed E-state index contributed by atoms with van der Waals surface area (Å²) in [6.45, 7) is 1.82. The Morgan fingerprint density at radius 2 is 2.14 bits per heavy atom. The molecular formula is C14H15N5O2S. The van der Waals surface area contributed by atoms with Crippen LogP contribution in [0.3, 0.4) is 0 Å². The number of hydrogen-bond acceptors (Lipinski definition) is 5. The molecule has 0 fully saturated rings. The van der Waals surface area contributed by atoms with Gasteiger partial charge in [-0.2, -0.15) is 5.10 Å². The van der Waals surface area contributed by atoms with E-state index >= 15 is 0 Å². The molecule has 7 nitrogen and oxygen atoms in total. The van der Waals surface area contributed by atoms with Gasteiger partial charge in [0.1, 0.15) is 4.83 Å². The first-order chi connectivity index (χ1) is 10.6. The maximum atomic E-state index is 12.9. The number of hydrogen-bond donors (Lipinski definition) is 2. The van der Waals surface area contributed by atoms with Crippen LogP contribution in [0.5, 0.6) is 0 Å². The van der Waals surface area contributed by atoms with Gasteiger partial charge >= 0.3 is 5.69 Å². The van der Waals surface area contributed by atoms with Gasteiger partial charge in [-0.25, -0.2) is 14.9 Å². The molecule has 0 saturated heterocycles. The fourth-order valence-corrected chi connectivity index (χ4v) is 4.27. The minimum absolute atomic E-state index is 0.0549. The number of fused-ring (bicyclic) bond motifs is 3. The maximum absolute atomic E-state index is 12.9. The molecule has 1 aliphatic rings. The summed E-state index contributed by atoms with van der Waals surface area (Å²) in [6.07, 6.45) is 5.83. The van der Waals surface area contributed by atoms with Crippen LogP contribution in [0.1, 0.15) is 42.1 Å². The highest BCUT2D eigenvalue weighted by Gasteiger charge is 2.22. The lowest BCUT2D eigenvalue weighted by Gasteiger charge is -2.13. The van der Waals surface area contributed by atoms with Crippen LogP contribution in [0.2, 0.25) is 0 Å². The van der Waals surface area contributed by atoms with Crippen LogP contribution < -0.4 is 11.2 Å². The van der Waals surface area contributed by atoms with E-state index in [4.69, 9.17) is 0 Å². The number of aromatic amines is 2. The molecule has 114 valence electrons. The quantitative estimate of drug-likeness (QED) is 0.746. The monoisotopic (exact) mass is 317 g/mol. The second-order valence-electron chi connectivity index (χ2n) is 5.59. The molecular weight excluding hydrogens is 302 g/mol. The molecule has 4 rings (SSSR count). The van der Waals surface area contributed by atoms with E-state index in [0.29, 0.717) is 5.82 Å². The Morgan fingerprint density at radius 1 is 1.32 bits per heavy atom. The number of nitrogens with zero attached hydrogens (tertiary/aromatic N) is 3. The first-order valence-electron chi connectivity index (χ1n) is 7.31. The lowest BCUT2D eigenvalue weighted by molar-refractivity contribution is 0.576. The van der Waals surface area contributed by atoms with Crippen molar-refractivity contribution in [1.82, 2.24) is 24.7 Å². The van der Waals surface area contributed by atoms with Crippen molar-refractivity contribution in [1.29, 1.82) is 0 Å². The van der Waals surface area contributed by atoms with Gasteiger partial charge in [-0.1, -0.05) is 0 Å². The Morgan fingerprint density at radius 3 is 2.91 bits per heavy atom. The summed E-state index contributed by atoms with van der Waals surface area (Å²) in [7, 11) is 0. The van der Waals surface area contributed by atoms with Crippen LogP contribution in [-0.2, 0) is 12.8 Å². The van der Waals surface area contributed by atoms with E-state index in [0.717, 1.165) is 29.5 Å². The lowest BCUT2D eigenvalue weighted by Crippen LogP contribution is -2.25. The Balaban J connectivity index is 1.90. The van der Waals surface area contributed by atoms with Crippen molar-refractivity contribution in [3.63, 3.8) is 0 Å². The summed E-state index contributed by atoms with van der Waals surface area (Å²) in [5, 5.41) is 6.98. The number of rotatable bonds is 2. The first-order valence-corrected chi connectivity index (χ1v) is 8.13. The summed E-state index contributed by atoms with van der Waals surface area (Å²) < 4.78 is 1.54. The average molecular weight is 317 g/mol. The molecule has 8 heteroatoms. The molecule has 0 radical (unpaired) electrons. The number of aromatic nitrogens is 5. The third-order valence-electron chi connectivity index (χ3n) is 4.23. The molecule has 0 amide bonds. The molecule has 0 aromatic carbocycles. The van der Waals surface area contributed by atoms with Gasteiger partial charge in [0.25, 0.3) is 5.56 Å². The van der Waals surface area contributed by atoms with Gasteiger partial charge in [-0.3, -0.25) is 14.3 Å². The highest BCUT2D eigenvalue weighted by Crippen LogP contribution is 2.33. The maximum Gasteiger partial charge on any atom is 0.340 e. The zero-order valence-electron chi connectivity index (χ0n) is 12.0. The fraction of sp³-hybridized carbons (Fsp3) is 0.429. The molecule has 0 saturated carbocycles. The van der Waals surface area contributed by atoms with E-state index in [-0.39, 0.29) is 17.3 Å². The van der Waals surface area contributed by atoms with Crippen molar-refractivity contribution in [3.05, 3.63) is 43.4 Å². The van der Waals surface area contributed by atoms with E-state index in [1.165, 1.54) is 21.4 Å². The largest absolute Gasteiger partial charge is 0.340 e. The predicted molar refractivity (Wildman–Crippen MR) is 83.5 cm³/mol. The summed E-state index contributed by atoms with van der Waals surface area (Å²) in [4.78, 5) is 33.2. The molecule has 0 bridgehead atoms. The molecule has 3 heterocycles. The topological polar surface area (TPSA) is 96.4 Å². The van der Waals surface area contributed by atoms with Crippen LogP contribution in [0, 0.1) is 0 Å². The molecule has 0 aliphatic heterocycles. The summed E-state index contributed by atoms with van der Waals surface area (Å²) in [6, 6.07) is -0.373. The van der Waals surface area contributed by atoms with Gasteiger partial charge in [0.05, 0.1) is 17.8 Å². The molecule has 0 spiro atoms. The molecule has 1 atom stereocenters.